The molecule has 0 spiro atoms. The summed E-state index contributed by atoms with van der Waals surface area (Å²) in [7, 11) is 0. The number of nitrogens with two attached hydrogens (primary N) is 1. The summed E-state index contributed by atoms with van der Waals surface area (Å²) in [5.74, 6) is -0.543. The molecular weight excluding hydrogens is 257 g/mol. The second-order valence-corrected chi connectivity index (χ2v) is 4.85. The van der Waals surface area contributed by atoms with Gasteiger partial charge in [0.2, 0.25) is 5.91 Å². The van der Waals surface area contributed by atoms with E-state index >= 15 is 0 Å². The van der Waals surface area contributed by atoms with Crippen molar-refractivity contribution >= 4 is 17.5 Å². The summed E-state index contributed by atoms with van der Waals surface area (Å²) in [6.07, 6.45) is 0.601. The molecule has 6 heteroatoms. The Balaban J connectivity index is 1.91. The quantitative estimate of drug-likeness (QED) is 0.761. The molecule has 1 aromatic rings. The third-order valence-electron chi connectivity index (χ3n) is 2.94. The highest BCUT2D eigenvalue weighted by molar-refractivity contribution is 6.30. The van der Waals surface area contributed by atoms with Crippen LogP contribution < -0.4 is 16.4 Å². The van der Waals surface area contributed by atoms with E-state index in [0.717, 1.165) is 0 Å². The van der Waals surface area contributed by atoms with Crippen molar-refractivity contribution in [3.05, 3.63) is 34.6 Å². The lowest BCUT2D eigenvalue weighted by atomic mass is 10.1. The molecule has 1 aromatic carbocycles. The maximum Gasteiger partial charge on any atom is 0.237 e. The highest BCUT2D eigenvalue weighted by Crippen LogP contribution is 2.14. The molecule has 1 aliphatic rings. The van der Waals surface area contributed by atoms with Crippen molar-refractivity contribution < 1.29 is 9.18 Å². The topological polar surface area (TPSA) is 67.1 Å². The Bertz CT molecular complexity index is 455. The summed E-state index contributed by atoms with van der Waals surface area (Å²) in [4.78, 5) is 11.8. The van der Waals surface area contributed by atoms with Crippen molar-refractivity contribution in [1.82, 2.24) is 10.6 Å². The molecule has 2 rings (SSSR count). The minimum atomic E-state index is -0.379. The monoisotopic (exact) mass is 271 g/mol. The Morgan fingerprint density at radius 3 is 3.06 bits per heavy atom. The van der Waals surface area contributed by atoms with Crippen LogP contribution in [0.2, 0.25) is 5.02 Å². The fourth-order valence-electron chi connectivity index (χ4n) is 1.95. The second-order valence-electron chi connectivity index (χ2n) is 4.41. The lowest BCUT2D eigenvalue weighted by molar-refractivity contribution is -0.122. The molecule has 0 unspecified atom stereocenters. The first-order valence-electron chi connectivity index (χ1n) is 5.77. The van der Waals surface area contributed by atoms with Crippen LogP contribution in [0, 0.1) is 5.82 Å². The van der Waals surface area contributed by atoms with Gasteiger partial charge in [-0.05, 0) is 24.6 Å². The van der Waals surface area contributed by atoms with Crippen molar-refractivity contribution in [3.8, 4) is 0 Å². The molecule has 1 heterocycles. The smallest absolute Gasteiger partial charge is 0.237 e. The van der Waals surface area contributed by atoms with Crippen molar-refractivity contribution in [1.29, 1.82) is 0 Å². The molecule has 0 bridgehead atoms. The van der Waals surface area contributed by atoms with Crippen LogP contribution in [0.5, 0.6) is 0 Å². The van der Waals surface area contributed by atoms with E-state index in [1.165, 1.54) is 18.2 Å². The predicted molar refractivity (Wildman–Crippen MR) is 67.6 cm³/mol. The zero-order chi connectivity index (χ0) is 13.1. The lowest BCUT2D eigenvalue weighted by Crippen LogP contribution is -2.40. The predicted octanol–water partition coefficient (Wildman–Crippen LogP) is 0.785. The average molecular weight is 272 g/mol. The van der Waals surface area contributed by atoms with Crippen LogP contribution in [-0.2, 0) is 11.3 Å². The van der Waals surface area contributed by atoms with Gasteiger partial charge in [-0.3, -0.25) is 4.79 Å². The lowest BCUT2D eigenvalue weighted by Gasteiger charge is -2.11. The van der Waals surface area contributed by atoms with E-state index in [4.69, 9.17) is 17.3 Å². The van der Waals surface area contributed by atoms with Crippen LogP contribution in [0.4, 0.5) is 4.39 Å². The van der Waals surface area contributed by atoms with Crippen LogP contribution in [0.3, 0.4) is 0 Å². The minimum absolute atomic E-state index is 0.00339. The maximum absolute atomic E-state index is 13.4. The molecule has 98 valence electrons. The number of halogens is 2. The Kier molecular flexibility index (Phi) is 4.16. The summed E-state index contributed by atoms with van der Waals surface area (Å²) in [5, 5.41) is 6.13. The van der Waals surface area contributed by atoms with Gasteiger partial charge >= 0.3 is 0 Å². The number of hydrogen-bond donors (Lipinski definition) is 3. The Morgan fingerprint density at radius 2 is 2.39 bits per heavy atom. The molecule has 0 aromatic heterocycles. The second kappa shape index (κ2) is 5.65. The van der Waals surface area contributed by atoms with Gasteiger partial charge in [0.15, 0.2) is 0 Å². The van der Waals surface area contributed by atoms with Crippen molar-refractivity contribution in [2.75, 3.05) is 6.54 Å². The number of benzene rings is 1. The first kappa shape index (κ1) is 13.3. The Morgan fingerprint density at radius 1 is 1.61 bits per heavy atom. The third kappa shape index (κ3) is 3.19. The average Bonchev–Trinajstić information content (AvgIpc) is 2.77. The van der Waals surface area contributed by atoms with E-state index in [-0.39, 0.29) is 30.4 Å². The van der Waals surface area contributed by atoms with Gasteiger partial charge < -0.3 is 16.4 Å². The summed E-state index contributed by atoms with van der Waals surface area (Å²) in [6, 6.07) is 3.98. The number of hydrogen-bond acceptors (Lipinski definition) is 3. The highest BCUT2D eigenvalue weighted by Gasteiger charge is 2.26. The van der Waals surface area contributed by atoms with Crippen LogP contribution in [0.1, 0.15) is 12.0 Å². The Labute approximate surface area is 110 Å². The third-order valence-corrected chi connectivity index (χ3v) is 3.18. The molecular formula is C12H15ClFN3O. The van der Waals surface area contributed by atoms with E-state index < -0.39 is 0 Å². The molecule has 0 radical (unpaired) electrons. The van der Waals surface area contributed by atoms with Crippen LogP contribution in [-0.4, -0.2) is 24.5 Å². The van der Waals surface area contributed by atoms with Crippen molar-refractivity contribution in [2.24, 2.45) is 5.73 Å². The molecule has 4 N–H and O–H groups in total. The van der Waals surface area contributed by atoms with E-state index in [0.29, 0.717) is 23.6 Å². The number of carbonyl (C=O) groups is 1. The number of amides is 1. The normalized spacial score (nSPS) is 23.1. The van der Waals surface area contributed by atoms with Gasteiger partial charge in [0.1, 0.15) is 5.82 Å². The molecule has 18 heavy (non-hydrogen) atoms. The Hall–Kier alpha value is -1.17. The summed E-state index contributed by atoms with van der Waals surface area (Å²) < 4.78 is 13.4. The maximum atomic E-state index is 13.4. The van der Waals surface area contributed by atoms with Crippen LogP contribution >= 0.6 is 11.6 Å². The standard InChI is InChI=1S/C12H15ClFN3O/c13-8-1-2-10(14)7(3-8)5-17-12(18)11-4-9(15)6-16-11/h1-3,9,11,16H,4-6,15H2,(H,17,18)/t9-,11-/m0/s1. The van der Waals surface area contributed by atoms with E-state index in [9.17, 15) is 9.18 Å². The van der Waals surface area contributed by atoms with Crippen molar-refractivity contribution in [2.45, 2.75) is 25.0 Å². The summed E-state index contributed by atoms with van der Waals surface area (Å²) >= 11 is 5.77. The molecule has 2 atom stereocenters. The molecule has 4 nitrogen and oxygen atoms in total. The van der Waals surface area contributed by atoms with Gasteiger partial charge in [0.25, 0.3) is 0 Å². The van der Waals surface area contributed by atoms with Gasteiger partial charge in [-0.25, -0.2) is 4.39 Å². The first-order valence-corrected chi connectivity index (χ1v) is 6.14. The zero-order valence-electron chi connectivity index (χ0n) is 9.75. The van der Waals surface area contributed by atoms with Gasteiger partial charge in [0.05, 0.1) is 6.04 Å². The number of nitrogens with one attached hydrogen (secondary N) is 2. The summed E-state index contributed by atoms with van der Waals surface area (Å²) in [6.45, 7) is 0.752. The van der Waals surface area contributed by atoms with Gasteiger partial charge in [-0.1, -0.05) is 11.6 Å². The number of rotatable bonds is 3. The zero-order valence-corrected chi connectivity index (χ0v) is 10.5. The summed E-state index contributed by atoms with van der Waals surface area (Å²) in [5.41, 5.74) is 6.07. The van der Waals surface area contributed by atoms with E-state index in [1.807, 2.05) is 0 Å². The molecule has 0 aliphatic carbocycles. The SMILES string of the molecule is N[C@@H]1CN[C@H](C(=O)NCc2cc(Cl)ccc2F)C1. The fraction of sp³-hybridized carbons (Fsp3) is 0.417. The van der Waals surface area contributed by atoms with Crippen LogP contribution in [0.15, 0.2) is 18.2 Å². The molecule has 1 fully saturated rings. The van der Waals surface area contributed by atoms with Crippen molar-refractivity contribution in [3.63, 3.8) is 0 Å². The minimum Gasteiger partial charge on any atom is -0.351 e. The first-order chi connectivity index (χ1) is 8.56. The van der Waals surface area contributed by atoms with Gasteiger partial charge in [0, 0.05) is 29.7 Å². The van der Waals surface area contributed by atoms with E-state index in [1.54, 1.807) is 0 Å². The molecule has 1 saturated heterocycles. The molecule has 1 aliphatic heterocycles. The van der Waals surface area contributed by atoms with E-state index in [2.05, 4.69) is 10.6 Å². The highest BCUT2D eigenvalue weighted by atomic mass is 35.5. The largest absolute Gasteiger partial charge is 0.351 e. The molecule has 1 amide bonds. The fourth-order valence-corrected chi connectivity index (χ4v) is 2.14. The number of carbonyl (C=O) groups excluding carboxylic acids is 1. The van der Waals surface area contributed by atoms with Gasteiger partial charge in [-0.15, -0.1) is 0 Å². The van der Waals surface area contributed by atoms with Gasteiger partial charge in [-0.2, -0.15) is 0 Å². The van der Waals surface area contributed by atoms with Crippen LogP contribution in [0.25, 0.3) is 0 Å². The molecule has 0 saturated carbocycles.